The Morgan fingerprint density at radius 2 is 0.857 bits per heavy atom. The second-order valence-corrected chi connectivity index (χ2v) is 7.23. The van der Waals surface area contributed by atoms with Crippen LogP contribution in [0, 0.1) is 11.8 Å². The zero-order valence-electron chi connectivity index (χ0n) is 18.4. The van der Waals surface area contributed by atoms with Gasteiger partial charge in [0.15, 0.2) is 0 Å². The number of carbonyl (C=O) groups is 1. The number of ether oxygens (including phenoxy) is 6. The summed E-state index contributed by atoms with van der Waals surface area (Å²) < 4.78 is 32.5. The van der Waals surface area contributed by atoms with Gasteiger partial charge in [-0.3, -0.25) is 4.79 Å². The molecule has 0 aliphatic heterocycles. The molecule has 0 atom stereocenters. The van der Waals surface area contributed by atoms with Crippen molar-refractivity contribution in [2.24, 2.45) is 11.8 Å². The van der Waals surface area contributed by atoms with Crippen LogP contribution >= 0.6 is 0 Å². The molecule has 0 radical (unpaired) electrons. The molecule has 0 rings (SSSR count). The molecule has 168 valence electrons. The molecule has 0 aliphatic rings. The van der Waals surface area contributed by atoms with E-state index in [0.717, 1.165) is 13.0 Å². The van der Waals surface area contributed by atoms with Crippen molar-refractivity contribution in [3.05, 3.63) is 0 Å². The first-order chi connectivity index (χ1) is 13.5. The molecule has 0 aliphatic carbocycles. The monoisotopic (exact) mass is 406 g/mol. The third-order valence-electron chi connectivity index (χ3n) is 3.84. The second kappa shape index (κ2) is 21.1. The Kier molecular flexibility index (Phi) is 20.7. The topological polar surface area (TPSA) is 72.5 Å². The van der Waals surface area contributed by atoms with E-state index in [2.05, 4.69) is 13.8 Å². The van der Waals surface area contributed by atoms with Crippen molar-refractivity contribution in [2.75, 3.05) is 79.3 Å². The fourth-order valence-electron chi connectivity index (χ4n) is 1.98. The third-order valence-corrected chi connectivity index (χ3v) is 3.84. The standard InChI is InChI=1S/C21H42O7/c1-19(2)5-7-23-9-11-25-13-15-27-17-18-28-16-14-26-12-10-24-8-6-21(22)20(3)4/h19-20H,5-18H2,1-4H3. The zero-order chi connectivity index (χ0) is 20.9. The van der Waals surface area contributed by atoms with Crippen molar-refractivity contribution in [3.8, 4) is 0 Å². The summed E-state index contributed by atoms with van der Waals surface area (Å²) in [4.78, 5) is 11.4. The van der Waals surface area contributed by atoms with Crippen LogP contribution < -0.4 is 0 Å². The van der Waals surface area contributed by atoms with Crippen LogP contribution in [-0.2, 0) is 33.2 Å². The summed E-state index contributed by atoms with van der Waals surface area (Å²) in [7, 11) is 0. The number of ketones is 1. The van der Waals surface area contributed by atoms with E-state index in [4.69, 9.17) is 28.4 Å². The summed E-state index contributed by atoms with van der Waals surface area (Å²) in [6.45, 7) is 14.9. The Labute approximate surface area is 171 Å². The van der Waals surface area contributed by atoms with E-state index >= 15 is 0 Å². The van der Waals surface area contributed by atoms with Crippen LogP contribution in [0.15, 0.2) is 0 Å². The number of Topliss-reactive ketones (excluding diaryl/α,β-unsaturated/α-hetero) is 1. The highest BCUT2D eigenvalue weighted by Gasteiger charge is 2.06. The van der Waals surface area contributed by atoms with Crippen molar-refractivity contribution in [3.63, 3.8) is 0 Å². The van der Waals surface area contributed by atoms with Crippen molar-refractivity contribution in [1.82, 2.24) is 0 Å². The van der Waals surface area contributed by atoms with Gasteiger partial charge in [0.25, 0.3) is 0 Å². The fourth-order valence-corrected chi connectivity index (χ4v) is 1.98. The summed E-state index contributed by atoms with van der Waals surface area (Å²) in [5.74, 6) is 0.983. The van der Waals surface area contributed by atoms with Crippen LogP contribution in [0.1, 0.15) is 40.5 Å². The maximum Gasteiger partial charge on any atom is 0.137 e. The lowest BCUT2D eigenvalue weighted by Gasteiger charge is -2.09. The molecule has 7 heteroatoms. The third kappa shape index (κ3) is 21.7. The molecular weight excluding hydrogens is 364 g/mol. The van der Waals surface area contributed by atoms with Gasteiger partial charge in [0.05, 0.1) is 72.7 Å². The van der Waals surface area contributed by atoms with E-state index < -0.39 is 0 Å². The van der Waals surface area contributed by atoms with Crippen molar-refractivity contribution in [2.45, 2.75) is 40.5 Å². The molecule has 0 spiro atoms. The summed E-state index contributed by atoms with van der Waals surface area (Å²) in [5.41, 5.74) is 0. The first kappa shape index (κ1) is 27.4. The minimum atomic E-state index is 0.0764. The largest absolute Gasteiger partial charge is 0.379 e. The lowest BCUT2D eigenvalue weighted by Crippen LogP contribution is -2.15. The summed E-state index contributed by atoms with van der Waals surface area (Å²) in [6.07, 6.45) is 1.56. The quantitative estimate of drug-likeness (QED) is 0.256. The van der Waals surface area contributed by atoms with Crippen molar-refractivity contribution >= 4 is 5.78 Å². The van der Waals surface area contributed by atoms with Crippen LogP contribution in [-0.4, -0.2) is 85.1 Å². The molecule has 0 N–H and O–H groups in total. The Hall–Kier alpha value is -0.570. The second-order valence-electron chi connectivity index (χ2n) is 7.23. The maximum absolute atomic E-state index is 11.4. The van der Waals surface area contributed by atoms with Gasteiger partial charge in [-0.25, -0.2) is 0 Å². The van der Waals surface area contributed by atoms with Crippen molar-refractivity contribution < 1.29 is 33.2 Å². The average Bonchev–Trinajstić information content (AvgIpc) is 2.65. The van der Waals surface area contributed by atoms with Gasteiger partial charge in [-0.05, 0) is 12.3 Å². The first-order valence-corrected chi connectivity index (χ1v) is 10.5. The normalized spacial score (nSPS) is 11.6. The fraction of sp³-hybridized carbons (Fsp3) is 0.952. The highest BCUT2D eigenvalue weighted by atomic mass is 16.6. The molecule has 0 amide bonds. The van der Waals surface area contributed by atoms with E-state index in [1.54, 1.807) is 0 Å². The number of hydrogen-bond acceptors (Lipinski definition) is 7. The van der Waals surface area contributed by atoms with E-state index in [1.807, 2.05) is 13.8 Å². The lowest BCUT2D eigenvalue weighted by molar-refractivity contribution is -0.123. The SMILES string of the molecule is CC(C)CCOCCOCCOCCOCCOCCOCCC(=O)C(C)C. The highest BCUT2D eigenvalue weighted by Crippen LogP contribution is 1.99. The number of carbonyl (C=O) groups excluding carboxylic acids is 1. The molecular formula is C21H42O7. The minimum Gasteiger partial charge on any atom is -0.379 e. The Bertz CT molecular complexity index is 335. The van der Waals surface area contributed by atoms with Crippen LogP contribution in [0.25, 0.3) is 0 Å². The van der Waals surface area contributed by atoms with Crippen LogP contribution in [0.5, 0.6) is 0 Å². The molecule has 0 bridgehead atoms. The van der Waals surface area contributed by atoms with Gasteiger partial charge in [-0.2, -0.15) is 0 Å². The lowest BCUT2D eigenvalue weighted by atomic mass is 10.1. The smallest absolute Gasteiger partial charge is 0.137 e. The van der Waals surface area contributed by atoms with Gasteiger partial charge in [0.1, 0.15) is 5.78 Å². The van der Waals surface area contributed by atoms with E-state index in [0.29, 0.717) is 85.0 Å². The number of rotatable bonds is 22. The van der Waals surface area contributed by atoms with Gasteiger partial charge in [-0.1, -0.05) is 27.7 Å². The minimum absolute atomic E-state index is 0.0764. The van der Waals surface area contributed by atoms with E-state index in [1.165, 1.54) is 0 Å². The summed E-state index contributed by atoms with van der Waals surface area (Å²) >= 11 is 0. The van der Waals surface area contributed by atoms with E-state index in [9.17, 15) is 4.79 Å². The molecule has 0 heterocycles. The summed E-state index contributed by atoms with van der Waals surface area (Å²) in [5, 5.41) is 0. The maximum atomic E-state index is 11.4. The van der Waals surface area contributed by atoms with Crippen molar-refractivity contribution in [1.29, 1.82) is 0 Å². The van der Waals surface area contributed by atoms with Gasteiger partial charge >= 0.3 is 0 Å². The van der Waals surface area contributed by atoms with Gasteiger partial charge in [0.2, 0.25) is 0 Å². The zero-order valence-corrected chi connectivity index (χ0v) is 18.4. The molecule has 0 aromatic heterocycles. The van der Waals surface area contributed by atoms with Crippen LogP contribution in [0.4, 0.5) is 0 Å². The molecule has 0 aromatic rings. The first-order valence-electron chi connectivity index (χ1n) is 10.5. The predicted molar refractivity (Wildman–Crippen MR) is 109 cm³/mol. The Balaban J connectivity index is 3.06. The Morgan fingerprint density at radius 3 is 1.18 bits per heavy atom. The molecule has 28 heavy (non-hydrogen) atoms. The van der Waals surface area contributed by atoms with Gasteiger partial charge < -0.3 is 28.4 Å². The number of hydrogen-bond donors (Lipinski definition) is 0. The van der Waals surface area contributed by atoms with Gasteiger partial charge in [-0.15, -0.1) is 0 Å². The molecule has 0 saturated heterocycles. The molecule has 0 fully saturated rings. The molecule has 7 nitrogen and oxygen atoms in total. The average molecular weight is 407 g/mol. The van der Waals surface area contributed by atoms with Gasteiger partial charge in [0, 0.05) is 18.9 Å². The summed E-state index contributed by atoms with van der Waals surface area (Å²) in [6, 6.07) is 0. The molecule has 0 saturated carbocycles. The molecule has 0 unspecified atom stereocenters. The highest BCUT2D eigenvalue weighted by molar-refractivity contribution is 5.80. The van der Waals surface area contributed by atoms with E-state index in [-0.39, 0.29) is 11.7 Å². The van der Waals surface area contributed by atoms with Crippen LogP contribution in [0.2, 0.25) is 0 Å². The Morgan fingerprint density at radius 1 is 0.536 bits per heavy atom. The predicted octanol–water partition coefficient (Wildman–Crippen LogP) is 2.75. The van der Waals surface area contributed by atoms with Crippen LogP contribution in [0.3, 0.4) is 0 Å². The molecule has 0 aromatic carbocycles.